The summed E-state index contributed by atoms with van der Waals surface area (Å²) < 4.78 is 11.4. The topological polar surface area (TPSA) is 93.6 Å². The van der Waals surface area contributed by atoms with Gasteiger partial charge in [0.25, 0.3) is 0 Å². The number of amides is 1. The highest BCUT2D eigenvalue weighted by molar-refractivity contribution is 5.95. The van der Waals surface area contributed by atoms with Crippen molar-refractivity contribution in [2.24, 2.45) is 0 Å². The molecule has 0 radical (unpaired) electrons. The summed E-state index contributed by atoms with van der Waals surface area (Å²) in [6.07, 6.45) is 7.04. The first-order valence-electron chi connectivity index (χ1n) is 11.7. The molecule has 2 aliphatic heterocycles. The van der Waals surface area contributed by atoms with Gasteiger partial charge in [0.1, 0.15) is 18.5 Å². The minimum absolute atomic E-state index is 0.199. The van der Waals surface area contributed by atoms with E-state index in [0.717, 1.165) is 54.1 Å². The van der Waals surface area contributed by atoms with Gasteiger partial charge in [0, 0.05) is 31.1 Å². The van der Waals surface area contributed by atoms with Gasteiger partial charge >= 0.3 is 0 Å². The van der Waals surface area contributed by atoms with Gasteiger partial charge in [0.15, 0.2) is 17.4 Å². The van der Waals surface area contributed by atoms with Crippen LogP contribution in [0.2, 0.25) is 0 Å². The number of rotatable bonds is 6. The van der Waals surface area contributed by atoms with Crippen LogP contribution in [0, 0.1) is 0 Å². The zero-order valence-corrected chi connectivity index (χ0v) is 19.1. The number of methoxy groups -OCH3 is 1. The lowest BCUT2D eigenvalue weighted by Crippen LogP contribution is -2.33. The van der Waals surface area contributed by atoms with Gasteiger partial charge in [-0.15, -0.1) is 0 Å². The zero-order chi connectivity index (χ0) is 23.1. The molecule has 1 aromatic carbocycles. The van der Waals surface area contributed by atoms with E-state index in [4.69, 9.17) is 14.5 Å². The Morgan fingerprint density at radius 1 is 1.12 bits per heavy atom. The summed E-state index contributed by atoms with van der Waals surface area (Å²) in [5.74, 6) is 3.06. The molecule has 0 spiro atoms. The van der Waals surface area contributed by atoms with E-state index in [-0.39, 0.29) is 5.91 Å². The molecule has 0 N–H and O–H groups in total. The molecule has 174 valence electrons. The highest BCUT2D eigenvalue weighted by atomic mass is 16.5. The Bertz CT molecular complexity index is 1230. The van der Waals surface area contributed by atoms with Gasteiger partial charge < -0.3 is 19.3 Å². The van der Waals surface area contributed by atoms with Crippen molar-refractivity contribution in [2.45, 2.75) is 38.1 Å². The number of anilines is 2. The Hall–Kier alpha value is -3.75. The lowest BCUT2D eigenvalue weighted by molar-refractivity contribution is -0.117. The van der Waals surface area contributed by atoms with Crippen LogP contribution >= 0.6 is 0 Å². The van der Waals surface area contributed by atoms with Crippen molar-refractivity contribution in [1.82, 2.24) is 19.9 Å². The van der Waals surface area contributed by atoms with E-state index in [1.165, 1.54) is 0 Å². The Kier molecular flexibility index (Phi) is 5.24. The van der Waals surface area contributed by atoms with E-state index in [0.29, 0.717) is 49.5 Å². The molecule has 2 fully saturated rings. The third-order valence-electron chi connectivity index (χ3n) is 6.57. The van der Waals surface area contributed by atoms with Gasteiger partial charge in [-0.1, -0.05) is 12.1 Å². The normalized spacial score (nSPS) is 17.5. The van der Waals surface area contributed by atoms with Crippen molar-refractivity contribution in [2.75, 3.05) is 36.6 Å². The Labute approximate surface area is 197 Å². The first-order chi connectivity index (χ1) is 16.7. The van der Waals surface area contributed by atoms with Gasteiger partial charge in [-0.05, 0) is 37.0 Å². The van der Waals surface area contributed by atoms with Gasteiger partial charge in [-0.2, -0.15) is 0 Å². The number of hydrogen-bond acceptors (Lipinski definition) is 8. The second kappa shape index (κ2) is 8.55. The molecule has 9 nitrogen and oxygen atoms in total. The number of ether oxygens (including phenoxy) is 2. The average molecular weight is 459 g/mol. The standard InChI is InChI=1S/C25H26N6O3/c1-33-25-21(22(17-6-7-17)27-15-28-25)23-26-13-19-24(29-23)30(11-12-34-19)14-16-4-8-18(9-5-16)31-10-2-3-20(31)32/h4-5,8-9,13,15,17H,2-3,6-7,10-12,14H2,1H3. The molecular formula is C25H26N6O3. The van der Waals surface area contributed by atoms with E-state index in [1.54, 1.807) is 19.6 Å². The lowest BCUT2D eigenvalue weighted by atomic mass is 10.1. The Morgan fingerprint density at radius 2 is 1.97 bits per heavy atom. The van der Waals surface area contributed by atoms with Crippen LogP contribution in [-0.4, -0.2) is 52.6 Å². The second-order valence-corrected chi connectivity index (χ2v) is 8.88. The second-order valence-electron chi connectivity index (χ2n) is 8.88. The highest BCUT2D eigenvalue weighted by Crippen LogP contribution is 2.45. The molecule has 1 amide bonds. The molecule has 3 aliphatic rings. The van der Waals surface area contributed by atoms with Crippen LogP contribution in [0.4, 0.5) is 11.5 Å². The summed E-state index contributed by atoms with van der Waals surface area (Å²) in [5.41, 5.74) is 3.81. The molecule has 1 saturated carbocycles. The minimum Gasteiger partial charge on any atom is -0.486 e. The fourth-order valence-electron chi connectivity index (χ4n) is 4.67. The summed E-state index contributed by atoms with van der Waals surface area (Å²) in [4.78, 5) is 34.4. The van der Waals surface area contributed by atoms with Crippen molar-refractivity contribution >= 4 is 17.4 Å². The maximum absolute atomic E-state index is 12.1. The smallest absolute Gasteiger partial charge is 0.227 e. The van der Waals surface area contributed by atoms with Gasteiger partial charge in [0.05, 0.1) is 25.5 Å². The molecule has 3 aromatic rings. The molecular weight excluding hydrogens is 432 g/mol. The molecule has 9 heteroatoms. The van der Waals surface area contributed by atoms with Crippen LogP contribution in [-0.2, 0) is 11.3 Å². The maximum atomic E-state index is 12.1. The number of hydrogen-bond donors (Lipinski definition) is 0. The van der Waals surface area contributed by atoms with Crippen molar-refractivity contribution in [1.29, 1.82) is 0 Å². The highest BCUT2D eigenvalue weighted by Gasteiger charge is 2.32. The van der Waals surface area contributed by atoms with E-state index >= 15 is 0 Å². The van der Waals surface area contributed by atoms with Crippen molar-refractivity contribution in [3.05, 3.63) is 48.0 Å². The van der Waals surface area contributed by atoms with Crippen LogP contribution in [0.5, 0.6) is 11.6 Å². The predicted octanol–water partition coefficient (Wildman–Crippen LogP) is 3.35. The third kappa shape index (κ3) is 3.81. The summed E-state index contributed by atoms with van der Waals surface area (Å²) in [6, 6.07) is 8.22. The van der Waals surface area contributed by atoms with Gasteiger partial charge in [0.2, 0.25) is 11.8 Å². The number of aromatic nitrogens is 4. The molecule has 4 heterocycles. The van der Waals surface area contributed by atoms with Crippen LogP contribution in [0.3, 0.4) is 0 Å². The molecule has 0 atom stereocenters. The monoisotopic (exact) mass is 458 g/mol. The largest absolute Gasteiger partial charge is 0.486 e. The predicted molar refractivity (Wildman–Crippen MR) is 126 cm³/mol. The zero-order valence-electron chi connectivity index (χ0n) is 19.1. The van der Waals surface area contributed by atoms with E-state index in [9.17, 15) is 4.79 Å². The number of benzene rings is 1. The van der Waals surface area contributed by atoms with Crippen molar-refractivity contribution in [3.8, 4) is 23.0 Å². The molecule has 6 rings (SSSR count). The van der Waals surface area contributed by atoms with E-state index in [2.05, 4.69) is 32.0 Å². The summed E-state index contributed by atoms with van der Waals surface area (Å²) in [5, 5.41) is 0. The van der Waals surface area contributed by atoms with Crippen LogP contribution in [0.25, 0.3) is 11.4 Å². The minimum atomic E-state index is 0.199. The fraction of sp³-hybridized carbons (Fsp3) is 0.400. The summed E-state index contributed by atoms with van der Waals surface area (Å²) in [6.45, 7) is 2.76. The molecule has 1 aliphatic carbocycles. The van der Waals surface area contributed by atoms with E-state index in [1.807, 2.05) is 17.0 Å². The van der Waals surface area contributed by atoms with Crippen molar-refractivity contribution < 1.29 is 14.3 Å². The lowest BCUT2D eigenvalue weighted by Gasteiger charge is -2.30. The molecule has 34 heavy (non-hydrogen) atoms. The molecule has 2 aromatic heterocycles. The van der Waals surface area contributed by atoms with Gasteiger partial charge in [-0.3, -0.25) is 4.79 Å². The Balaban J connectivity index is 1.30. The summed E-state index contributed by atoms with van der Waals surface area (Å²) >= 11 is 0. The maximum Gasteiger partial charge on any atom is 0.227 e. The SMILES string of the molecule is COc1ncnc(C2CC2)c1-c1ncc2c(n1)N(Cc1ccc(N3CCCC3=O)cc1)CCO2. The Morgan fingerprint density at radius 3 is 2.71 bits per heavy atom. The molecule has 0 bridgehead atoms. The first kappa shape index (κ1) is 20.8. The first-order valence-corrected chi connectivity index (χ1v) is 11.7. The molecule has 0 unspecified atom stereocenters. The number of nitrogens with zero attached hydrogens (tertiary/aromatic N) is 6. The van der Waals surface area contributed by atoms with Crippen LogP contribution < -0.4 is 19.3 Å². The number of fused-ring (bicyclic) bond motifs is 1. The number of carbonyl (C=O) groups excluding carboxylic acids is 1. The quantitative estimate of drug-likeness (QED) is 0.555. The van der Waals surface area contributed by atoms with Gasteiger partial charge in [-0.25, -0.2) is 19.9 Å². The average Bonchev–Trinajstić information content (AvgIpc) is 3.64. The molecule has 1 saturated heterocycles. The fourth-order valence-corrected chi connectivity index (χ4v) is 4.67. The summed E-state index contributed by atoms with van der Waals surface area (Å²) in [7, 11) is 1.61. The van der Waals surface area contributed by atoms with E-state index < -0.39 is 0 Å². The van der Waals surface area contributed by atoms with Crippen molar-refractivity contribution in [3.63, 3.8) is 0 Å². The third-order valence-corrected chi connectivity index (χ3v) is 6.57. The number of carbonyl (C=O) groups is 1. The van der Waals surface area contributed by atoms with Crippen LogP contribution in [0.1, 0.15) is 42.9 Å². The van der Waals surface area contributed by atoms with Crippen LogP contribution in [0.15, 0.2) is 36.8 Å².